The molecule has 0 bridgehead atoms. The number of aryl methyl sites for hydroxylation is 1. The summed E-state index contributed by atoms with van der Waals surface area (Å²) >= 11 is 2.56. The molecule has 2 heterocycles. The zero-order valence-corrected chi connectivity index (χ0v) is 13.5. The van der Waals surface area contributed by atoms with E-state index < -0.39 is 0 Å². The molecule has 0 saturated carbocycles. The molecule has 0 atom stereocenters. The quantitative estimate of drug-likeness (QED) is 0.723. The lowest BCUT2D eigenvalue weighted by molar-refractivity contribution is -0.114. The first-order valence-corrected chi connectivity index (χ1v) is 8.38. The summed E-state index contributed by atoms with van der Waals surface area (Å²) in [6.45, 7) is 2.22. The first-order chi connectivity index (χ1) is 10.8. The van der Waals surface area contributed by atoms with Crippen LogP contribution in [0.2, 0.25) is 0 Å². The molecule has 1 aliphatic rings. The summed E-state index contributed by atoms with van der Waals surface area (Å²) in [4.78, 5) is 12.0. The Labute approximate surface area is 135 Å². The largest absolute Gasteiger partial charge is 0.374 e. The van der Waals surface area contributed by atoms with Crippen LogP contribution < -0.4 is 10.6 Å². The second kappa shape index (κ2) is 6.75. The van der Waals surface area contributed by atoms with Gasteiger partial charge in [0.2, 0.25) is 11.0 Å². The minimum atomic E-state index is -0.167. The zero-order chi connectivity index (χ0) is 15.4. The molecular weight excluding hydrogens is 320 g/mol. The molecule has 114 valence electrons. The summed E-state index contributed by atoms with van der Waals surface area (Å²) in [5.41, 5.74) is 2.40. The molecule has 1 amide bonds. The van der Waals surface area contributed by atoms with Gasteiger partial charge >= 0.3 is 0 Å². The van der Waals surface area contributed by atoms with Gasteiger partial charge in [-0.05, 0) is 18.6 Å². The number of hydrogen-bond acceptors (Lipinski definition) is 7. The third-order valence-electron chi connectivity index (χ3n) is 2.90. The number of aromatic nitrogens is 2. The molecule has 9 heteroatoms. The molecule has 7 nitrogen and oxygen atoms in total. The Kier molecular flexibility index (Phi) is 4.54. The second-order valence-electron chi connectivity index (χ2n) is 4.59. The highest BCUT2D eigenvalue weighted by molar-refractivity contribution is 7.58. The Hall–Kier alpha value is -2.13. The molecule has 1 aromatic carbocycles. The van der Waals surface area contributed by atoms with E-state index in [0.29, 0.717) is 5.13 Å². The van der Waals surface area contributed by atoms with Crippen LogP contribution in [-0.4, -0.2) is 22.6 Å². The molecule has 0 radical (unpaired) electrons. The molecule has 0 fully saturated rings. The van der Waals surface area contributed by atoms with Crippen LogP contribution in [0.25, 0.3) is 0 Å². The molecule has 2 N–H and O–H groups in total. The van der Waals surface area contributed by atoms with E-state index in [1.807, 2.05) is 18.2 Å². The van der Waals surface area contributed by atoms with E-state index in [4.69, 9.17) is 0 Å². The molecule has 0 saturated heterocycles. The van der Waals surface area contributed by atoms with Gasteiger partial charge in [0.25, 0.3) is 0 Å². The van der Waals surface area contributed by atoms with Crippen LogP contribution in [0.1, 0.15) is 18.4 Å². The van der Waals surface area contributed by atoms with Crippen molar-refractivity contribution >= 4 is 50.8 Å². The Morgan fingerprint density at radius 1 is 1.27 bits per heavy atom. The highest BCUT2D eigenvalue weighted by Crippen LogP contribution is 2.38. The van der Waals surface area contributed by atoms with Crippen molar-refractivity contribution in [2.45, 2.75) is 19.8 Å². The van der Waals surface area contributed by atoms with Gasteiger partial charge in [0.1, 0.15) is 16.4 Å². The molecule has 0 unspecified atom stereocenters. The number of amides is 1. The summed E-state index contributed by atoms with van der Waals surface area (Å²) in [7, 11) is 0. The average Bonchev–Trinajstić information content (AvgIpc) is 3.15. The molecule has 1 aromatic heterocycles. The highest BCUT2D eigenvalue weighted by Gasteiger charge is 2.12. The van der Waals surface area contributed by atoms with E-state index >= 15 is 0 Å². The summed E-state index contributed by atoms with van der Waals surface area (Å²) in [5, 5.41) is 15.3. The maximum atomic E-state index is 12.0. The zero-order valence-electron chi connectivity index (χ0n) is 11.9. The van der Waals surface area contributed by atoms with E-state index in [1.54, 1.807) is 0 Å². The number of nitrogens with one attached hydrogen (secondary N) is 2. The van der Waals surface area contributed by atoms with E-state index in [0.717, 1.165) is 46.3 Å². The van der Waals surface area contributed by atoms with Gasteiger partial charge in [-0.15, -0.1) is 10.2 Å². The molecule has 0 spiro atoms. The van der Waals surface area contributed by atoms with Gasteiger partial charge in [0.05, 0.1) is 23.6 Å². The minimum absolute atomic E-state index is 0.138. The monoisotopic (exact) mass is 334 g/mol. The van der Waals surface area contributed by atoms with Gasteiger partial charge in [-0.2, -0.15) is 8.73 Å². The van der Waals surface area contributed by atoms with E-state index in [9.17, 15) is 4.79 Å². The van der Waals surface area contributed by atoms with Crippen molar-refractivity contribution in [3.63, 3.8) is 0 Å². The van der Waals surface area contributed by atoms with Gasteiger partial charge in [0.15, 0.2) is 0 Å². The fourth-order valence-electron chi connectivity index (χ4n) is 1.91. The molecule has 22 heavy (non-hydrogen) atoms. The molecule has 2 aromatic rings. The molecule has 1 aliphatic heterocycles. The van der Waals surface area contributed by atoms with Gasteiger partial charge in [-0.25, -0.2) is 0 Å². The maximum absolute atomic E-state index is 12.0. The number of carbonyl (C=O) groups excluding carboxylic acids is 1. The van der Waals surface area contributed by atoms with Crippen molar-refractivity contribution in [2.75, 3.05) is 17.2 Å². The number of fused-ring (bicyclic) bond motifs is 1. The highest BCUT2D eigenvalue weighted by atomic mass is 32.1. The number of carbonyl (C=O) groups is 1. The normalized spacial score (nSPS) is 11.9. The van der Waals surface area contributed by atoms with Gasteiger partial charge in [-0.1, -0.05) is 24.3 Å². The SMILES string of the molecule is CCCc1nnc(NC(=O)CNc2cccc3c2N=S=N3)s1. The summed E-state index contributed by atoms with van der Waals surface area (Å²) in [6.07, 6.45) is 1.89. The van der Waals surface area contributed by atoms with E-state index in [1.165, 1.54) is 11.3 Å². The van der Waals surface area contributed by atoms with Crippen molar-refractivity contribution in [3.05, 3.63) is 23.2 Å². The van der Waals surface area contributed by atoms with Crippen molar-refractivity contribution in [1.82, 2.24) is 10.2 Å². The topological polar surface area (TPSA) is 91.6 Å². The second-order valence-corrected chi connectivity index (χ2v) is 6.18. The molecule has 3 rings (SSSR count). The maximum Gasteiger partial charge on any atom is 0.245 e. The van der Waals surface area contributed by atoms with Gasteiger partial charge in [0, 0.05) is 6.42 Å². The smallest absolute Gasteiger partial charge is 0.245 e. The molecular formula is C13H14N6OS2. The van der Waals surface area contributed by atoms with Gasteiger partial charge in [-0.3, -0.25) is 10.1 Å². The van der Waals surface area contributed by atoms with Gasteiger partial charge < -0.3 is 5.32 Å². The van der Waals surface area contributed by atoms with Crippen LogP contribution in [-0.2, 0) is 22.6 Å². The number of benzene rings is 1. The first-order valence-electron chi connectivity index (χ1n) is 6.83. The van der Waals surface area contributed by atoms with Crippen molar-refractivity contribution < 1.29 is 4.79 Å². The van der Waals surface area contributed by atoms with Crippen LogP contribution in [0.3, 0.4) is 0 Å². The number of rotatable bonds is 6. The van der Waals surface area contributed by atoms with Crippen molar-refractivity contribution in [2.24, 2.45) is 8.73 Å². The lowest BCUT2D eigenvalue weighted by atomic mass is 10.2. The fourth-order valence-corrected chi connectivity index (χ4v) is 3.31. The molecule has 0 aliphatic carbocycles. The van der Waals surface area contributed by atoms with Crippen LogP contribution >= 0.6 is 11.3 Å². The van der Waals surface area contributed by atoms with Crippen molar-refractivity contribution in [1.29, 1.82) is 0 Å². The van der Waals surface area contributed by atoms with Crippen LogP contribution in [0, 0.1) is 0 Å². The predicted octanol–water partition coefficient (Wildman–Crippen LogP) is 3.27. The minimum Gasteiger partial charge on any atom is -0.374 e. The van der Waals surface area contributed by atoms with Crippen LogP contribution in [0.4, 0.5) is 22.2 Å². The Morgan fingerprint density at radius 3 is 3.05 bits per heavy atom. The Balaban J connectivity index is 1.56. The summed E-state index contributed by atoms with van der Waals surface area (Å²) < 4.78 is 8.39. The number of hydrogen-bond donors (Lipinski definition) is 2. The third kappa shape index (κ3) is 3.37. The summed E-state index contributed by atoms with van der Waals surface area (Å²) in [6, 6.07) is 5.65. The number of anilines is 2. The van der Waals surface area contributed by atoms with Crippen LogP contribution in [0.5, 0.6) is 0 Å². The fraction of sp³-hybridized carbons (Fsp3) is 0.308. The Bertz CT molecular complexity index is 766. The van der Waals surface area contributed by atoms with Crippen molar-refractivity contribution in [3.8, 4) is 0 Å². The van der Waals surface area contributed by atoms with E-state index in [2.05, 4.69) is 36.5 Å². The average molecular weight is 334 g/mol. The van der Waals surface area contributed by atoms with Crippen LogP contribution in [0.15, 0.2) is 26.9 Å². The third-order valence-corrected chi connectivity index (χ3v) is 4.34. The lowest BCUT2D eigenvalue weighted by Gasteiger charge is -2.08. The first kappa shape index (κ1) is 14.8. The number of nitrogens with zero attached hydrogens (tertiary/aromatic N) is 4. The summed E-state index contributed by atoms with van der Waals surface area (Å²) in [5.74, 6) is -0.167. The van der Waals surface area contributed by atoms with E-state index in [-0.39, 0.29) is 12.5 Å². The predicted molar refractivity (Wildman–Crippen MR) is 89.0 cm³/mol. The lowest BCUT2D eigenvalue weighted by Crippen LogP contribution is -2.21. The standard InChI is InChI=1S/C13H14N6OS2/c1-2-4-11-16-17-13(21-11)15-10(20)7-14-8-5-3-6-9-12(8)19-22-18-9/h3,5-6,14H,2,4,7H2,1H3,(H,15,17,20). The Morgan fingerprint density at radius 2 is 2.18 bits per heavy atom.